The molecule has 2 aromatic heterocycles. The summed E-state index contributed by atoms with van der Waals surface area (Å²) in [4.78, 5) is 26.9. The van der Waals surface area contributed by atoms with Crippen LogP contribution in [0.2, 0.25) is 0 Å². The standard InChI is InChI=1S/C15H13N7O2/c1-10(23)18-11-2-4-12(5-3-11)19-15(24)13-6-7-14(21-20-13)22-9-16-8-17-22/h2-9H,1H3,(H,18,23)(H,19,24). The van der Waals surface area contributed by atoms with E-state index in [0.717, 1.165) is 0 Å². The van der Waals surface area contributed by atoms with E-state index in [4.69, 9.17) is 0 Å². The average molecular weight is 323 g/mol. The summed E-state index contributed by atoms with van der Waals surface area (Å²) in [6.45, 7) is 1.43. The summed E-state index contributed by atoms with van der Waals surface area (Å²) in [6.07, 6.45) is 2.87. The number of amides is 2. The number of hydrogen-bond acceptors (Lipinski definition) is 6. The van der Waals surface area contributed by atoms with Crippen LogP contribution in [0.25, 0.3) is 5.82 Å². The summed E-state index contributed by atoms with van der Waals surface area (Å²) in [6, 6.07) is 9.91. The Morgan fingerprint density at radius 1 is 0.958 bits per heavy atom. The van der Waals surface area contributed by atoms with Gasteiger partial charge in [-0.3, -0.25) is 9.59 Å². The van der Waals surface area contributed by atoms with Gasteiger partial charge in [-0.05, 0) is 36.4 Å². The monoisotopic (exact) mass is 323 g/mol. The zero-order valence-corrected chi connectivity index (χ0v) is 12.7. The highest BCUT2D eigenvalue weighted by Gasteiger charge is 2.09. The second-order valence-electron chi connectivity index (χ2n) is 4.83. The SMILES string of the molecule is CC(=O)Nc1ccc(NC(=O)c2ccc(-n3cncn3)nn2)cc1. The molecule has 0 bridgehead atoms. The third kappa shape index (κ3) is 3.58. The number of carbonyl (C=O) groups excluding carboxylic acids is 2. The molecule has 0 aliphatic rings. The molecule has 24 heavy (non-hydrogen) atoms. The number of nitrogens with zero attached hydrogens (tertiary/aromatic N) is 5. The van der Waals surface area contributed by atoms with Gasteiger partial charge in [-0.1, -0.05) is 0 Å². The molecule has 0 aliphatic heterocycles. The molecule has 3 aromatic rings. The molecule has 120 valence electrons. The molecular weight excluding hydrogens is 310 g/mol. The summed E-state index contributed by atoms with van der Waals surface area (Å²) < 4.78 is 1.44. The molecule has 0 spiro atoms. The van der Waals surface area contributed by atoms with Gasteiger partial charge in [-0.25, -0.2) is 9.67 Å². The molecular formula is C15H13N7O2. The summed E-state index contributed by atoms with van der Waals surface area (Å²) in [5, 5.41) is 17.1. The molecule has 0 saturated heterocycles. The van der Waals surface area contributed by atoms with Crippen molar-refractivity contribution in [3.8, 4) is 5.82 Å². The Labute approximate surface area is 136 Å². The predicted molar refractivity (Wildman–Crippen MR) is 85.6 cm³/mol. The Morgan fingerprint density at radius 3 is 2.21 bits per heavy atom. The Kier molecular flexibility index (Phi) is 4.23. The average Bonchev–Trinajstić information content (AvgIpc) is 3.11. The van der Waals surface area contributed by atoms with Crippen molar-refractivity contribution in [2.45, 2.75) is 6.92 Å². The van der Waals surface area contributed by atoms with Gasteiger partial charge >= 0.3 is 0 Å². The van der Waals surface area contributed by atoms with Gasteiger partial charge in [0.05, 0.1) is 0 Å². The predicted octanol–water partition coefficient (Wildman–Crippen LogP) is 1.27. The zero-order chi connectivity index (χ0) is 16.9. The van der Waals surface area contributed by atoms with Crippen molar-refractivity contribution in [3.05, 3.63) is 54.7 Å². The first-order chi connectivity index (χ1) is 11.6. The highest BCUT2D eigenvalue weighted by atomic mass is 16.2. The Hall–Kier alpha value is -3.62. The number of carbonyl (C=O) groups is 2. The summed E-state index contributed by atoms with van der Waals surface area (Å²) in [5.74, 6) is -0.0850. The molecule has 1 aromatic carbocycles. The van der Waals surface area contributed by atoms with E-state index < -0.39 is 0 Å². The van der Waals surface area contributed by atoms with Crippen LogP contribution in [0.1, 0.15) is 17.4 Å². The fraction of sp³-hybridized carbons (Fsp3) is 0.0667. The maximum absolute atomic E-state index is 12.2. The maximum atomic E-state index is 12.2. The molecule has 0 atom stereocenters. The number of benzene rings is 1. The van der Waals surface area contributed by atoms with E-state index in [1.165, 1.54) is 24.3 Å². The van der Waals surface area contributed by atoms with Gasteiger partial charge in [-0.2, -0.15) is 5.10 Å². The number of anilines is 2. The van der Waals surface area contributed by atoms with E-state index in [1.807, 2.05) is 0 Å². The van der Waals surface area contributed by atoms with Crippen molar-refractivity contribution >= 4 is 23.2 Å². The highest BCUT2D eigenvalue weighted by Crippen LogP contribution is 2.14. The van der Waals surface area contributed by atoms with Crippen LogP contribution >= 0.6 is 0 Å². The molecule has 0 unspecified atom stereocenters. The van der Waals surface area contributed by atoms with E-state index in [1.54, 1.807) is 36.4 Å². The molecule has 2 heterocycles. The first-order valence-electron chi connectivity index (χ1n) is 6.99. The van der Waals surface area contributed by atoms with Crippen molar-refractivity contribution in [2.75, 3.05) is 10.6 Å². The second-order valence-corrected chi connectivity index (χ2v) is 4.83. The minimum atomic E-state index is -0.389. The molecule has 0 fully saturated rings. The molecule has 2 N–H and O–H groups in total. The van der Waals surface area contributed by atoms with Crippen LogP contribution in [0.3, 0.4) is 0 Å². The number of nitrogens with one attached hydrogen (secondary N) is 2. The molecule has 0 saturated carbocycles. The van der Waals surface area contributed by atoms with Crippen molar-refractivity contribution in [2.24, 2.45) is 0 Å². The van der Waals surface area contributed by atoms with Crippen LogP contribution in [0.5, 0.6) is 0 Å². The Balaban J connectivity index is 1.67. The largest absolute Gasteiger partial charge is 0.326 e. The summed E-state index contributed by atoms with van der Waals surface area (Å²) >= 11 is 0. The zero-order valence-electron chi connectivity index (χ0n) is 12.7. The fourth-order valence-electron chi connectivity index (χ4n) is 1.93. The van der Waals surface area contributed by atoms with Crippen LogP contribution in [-0.2, 0) is 4.79 Å². The van der Waals surface area contributed by atoms with Crippen molar-refractivity contribution < 1.29 is 9.59 Å². The third-order valence-electron chi connectivity index (χ3n) is 3.00. The van der Waals surface area contributed by atoms with Crippen molar-refractivity contribution in [1.29, 1.82) is 0 Å². The molecule has 2 amide bonds. The first kappa shape index (κ1) is 15.3. The van der Waals surface area contributed by atoms with Crippen molar-refractivity contribution in [3.63, 3.8) is 0 Å². The van der Waals surface area contributed by atoms with Gasteiger partial charge in [0.15, 0.2) is 11.5 Å². The summed E-state index contributed by atoms with van der Waals surface area (Å²) in [7, 11) is 0. The summed E-state index contributed by atoms with van der Waals surface area (Å²) in [5.41, 5.74) is 1.40. The van der Waals surface area contributed by atoms with E-state index in [-0.39, 0.29) is 17.5 Å². The Morgan fingerprint density at radius 2 is 1.67 bits per heavy atom. The van der Waals surface area contributed by atoms with Crippen LogP contribution < -0.4 is 10.6 Å². The van der Waals surface area contributed by atoms with Gasteiger partial charge in [-0.15, -0.1) is 10.2 Å². The number of rotatable bonds is 4. The van der Waals surface area contributed by atoms with Gasteiger partial charge in [0.2, 0.25) is 5.91 Å². The lowest BCUT2D eigenvalue weighted by atomic mass is 10.2. The lowest BCUT2D eigenvalue weighted by molar-refractivity contribution is -0.114. The van der Waals surface area contributed by atoms with Gasteiger partial charge in [0.1, 0.15) is 12.7 Å². The number of hydrogen-bond donors (Lipinski definition) is 2. The van der Waals surface area contributed by atoms with Gasteiger partial charge in [0, 0.05) is 18.3 Å². The molecule has 9 nitrogen and oxygen atoms in total. The van der Waals surface area contributed by atoms with Gasteiger partial charge in [0.25, 0.3) is 5.91 Å². The van der Waals surface area contributed by atoms with E-state index in [0.29, 0.717) is 17.2 Å². The van der Waals surface area contributed by atoms with Crippen LogP contribution in [0.15, 0.2) is 49.1 Å². The fourth-order valence-corrected chi connectivity index (χ4v) is 1.93. The molecule has 3 rings (SSSR count). The Bertz CT molecular complexity index is 843. The van der Waals surface area contributed by atoms with E-state index in [2.05, 4.69) is 30.9 Å². The lowest BCUT2D eigenvalue weighted by Crippen LogP contribution is -2.15. The second kappa shape index (κ2) is 6.65. The van der Waals surface area contributed by atoms with Crippen LogP contribution in [0, 0.1) is 0 Å². The molecule has 9 heteroatoms. The number of aromatic nitrogens is 5. The quantitative estimate of drug-likeness (QED) is 0.747. The van der Waals surface area contributed by atoms with E-state index in [9.17, 15) is 9.59 Å². The maximum Gasteiger partial charge on any atom is 0.276 e. The van der Waals surface area contributed by atoms with Crippen molar-refractivity contribution in [1.82, 2.24) is 25.0 Å². The van der Waals surface area contributed by atoms with Crippen LogP contribution in [0.4, 0.5) is 11.4 Å². The van der Waals surface area contributed by atoms with Gasteiger partial charge < -0.3 is 10.6 Å². The lowest BCUT2D eigenvalue weighted by Gasteiger charge is -2.06. The minimum absolute atomic E-state index is 0.158. The minimum Gasteiger partial charge on any atom is -0.326 e. The third-order valence-corrected chi connectivity index (χ3v) is 3.00. The van der Waals surface area contributed by atoms with Crippen LogP contribution in [-0.4, -0.2) is 36.8 Å². The topological polar surface area (TPSA) is 115 Å². The first-order valence-corrected chi connectivity index (χ1v) is 6.99. The molecule has 0 radical (unpaired) electrons. The molecule has 0 aliphatic carbocycles. The van der Waals surface area contributed by atoms with E-state index >= 15 is 0 Å². The highest BCUT2D eigenvalue weighted by molar-refractivity contribution is 6.02. The smallest absolute Gasteiger partial charge is 0.276 e. The normalized spacial score (nSPS) is 10.2.